The standard InChI is InChI=1S/C22H22N2O/c1-4-15-5-7-16(8-6-15)22-23-21(24-25-22)18-10-12-20-17(13-18)9-11-19(20)14(2)3/h5-14,19H,4H2,1-3H3. The van der Waals surface area contributed by atoms with Crippen molar-refractivity contribution in [3.05, 3.63) is 65.2 Å². The van der Waals surface area contributed by atoms with Gasteiger partial charge in [-0.1, -0.05) is 62.3 Å². The second kappa shape index (κ2) is 6.32. The van der Waals surface area contributed by atoms with Crippen LogP contribution in [0.25, 0.3) is 28.9 Å². The number of nitrogens with zero attached hydrogens (tertiary/aromatic N) is 2. The molecule has 0 spiro atoms. The molecule has 4 rings (SSSR count). The lowest BCUT2D eigenvalue weighted by Gasteiger charge is -2.14. The molecule has 3 nitrogen and oxygen atoms in total. The van der Waals surface area contributed by atoms with Crippen molar-refractivity contribution >= 4 is 6.08 Å². The van der Waals surface area contributed by atoms with Crippen molar-refractivity contribution in [1.29, 1.82) is 0 Å². The summed E-state index contributed by atoms with van der Waals surface area (Å²) in [5.74, 6) is 2.31. The Balaban J connectivity index is 1.63. The molecule has 0 amide bonds. The monoisotopic (exact) mass is 330 g/mol. The maximum atomic E-state index is 5.48. The van der Waals surface area contributed by atoms with Crippen LogP contribution < -0.4 is 0 Å². The Labute approximate surface area is 148 Å². The highest BCUT2D eigenvalue weighted by molar-refractivity contribution is 5.70. The average Bonchev–Trinajstić information content (AvgIpc) is 3.28. The first-order valence-electron chi connectivity index (χ1n) is 8.91. The van der Waals surface area contributed by atoms with Crippen molar-refractivity contribution < 1.29 is 4.52 Å². The zero-order valence-electron chi connectivity index (χ0n) is 14.9. The minimum Gasteiger partial charge on any atom is -0.334 e. The van der Waals surface area contributed by atoms with E-state index < -0.39 is 0 Å². The molecule has 1 aliphatic carbocycles. The van der Waals surface area contributed by atoms with Crippen LogP contribution in [0.2, 0.25) is 0 Å². The van der Waals surface area contributed by atoms with Crippen LogP contribution in [0.15, 0.2) is 53.1 Å². The fourth-order valence-corrected chi connectivity index (χ4v) is 3.40. The van der Waals surface area contributed by atoms with Crippen LogP contribution in [0.5, 0.6) is 0 Å². The van der Waals surface area contributed by atoms with E-state index in [9.17, 15) is 0 Å². The molecule has 0 saturated carbocycles. The van der Waals surface area contributed by atoms with E-state index in [4.69, 9.17) is 4.52 Å². The van der Waals surface area contributed by atoms with E-state index in [2.05, 4.69) is 73.4 Å². The molecule has 1 aromatic heterocycles. The highest BCUT2D eigenvalue weighted by Gasteiger charge is 2.21. The summed E-state index contributed by atoms with van der Waals surface area (Å²) in [6.07, 6.45) is 5.51. The van der Waals surface area contributed by atoms with E-state index in [0.29, 0.717) is 23.6 Å². The molecule has 1 unspecified atom stereocenters. The third kappa shape index (κ3) is 2.91. The molecule has 126 valence electrons. The average molecular weight is 330 g/mol. The number of fused-ring (bicyclic) bond motifs is 1. The van der Waals surface area contributed by atoms with Crippen molar-refractivity contribution in [3.63, 3.8) is 0 Å². The molecule has 2 aromatic carbocycles. The summed E-state index contributed by atoms with van der Waals surface area (Å²) in [6, 6.07) is 14.7. The van der Waals surface area contributed by atoms with Crippen molar-refractivity contribution in [2.24, 2.45) is 5.92 Å². The normalized spacial score (nSPS) is 15.8. The Hall–Kier alpha value is -2.68. The molecule has 25 heavy (non-hydrogen) atoms. The van der Waals surface area contributed by atoms with Crippen molar-refractivity contribution in [2.75, 3.05) is 0 Å². The van der Waals surface area contributed by atoms with E-state index in [1.807, 2.05) is 12.1 Å². The molecule has 3 heteroatoms. The fraction of sp³-hybridized carbons (Fsp3) is 0.273. The maximum Gasteiger partial charge on any atom is 0.258 e. The van der Waals surface area contributed by atoms with Gasteiger partial charge in [-0.05, 0) is 47.2 Å². The van der Waals surface area contributed by atoms with Crippen LogP contribution in [0.3, 0.4) is 0 Å². The first-order chi connectivity index (χ1) is 12.2. The lowest BCUT2D eigenvalue weighted by Crippen LogP contribution is -2.01. The van der Waals surface area contributed by atoms with E-state index in [-0.39, 0.29) is 0 Å². The Bertz CT molecular complexity index is 919. The van der Waals surface area contributed by atoms with Crippen LogP contribution in [-0.2, 0) is 6.42 Å². The summed E-state index contributed by atoms with van der Waals surface area (Å²) in [4.78, 5) is 4.58. The van der Waals surface area contributed by atoms with Crippen LogP contribution >= 0.6 is 0 Å². The van der Waals surface area contributed by atoms with Crippen LogP contribution in [0, 0.1) is 5.92 Å². The van der Waals surface area contributed by atoms with Gasteiger partial charge in [-0.3, -0.25) is 0 Å². The highest BCUT2D eigenvalue weighted by Crippen LogP contribution is 2.37. The number of aryl methyl sites for hydroxylation is 1. The van der Waals surface area contributed by atoms with Gasteiger partial charge >= 0.3 is 0 Å². The third-order valence-corrected chi connectivity index (χ3v) is 4.94. The first-order valence-corrected chi connectivity index (χ1v) is 8.91. The van der Waals surface area contributed by atoms with Gasteiger partial charge in [0.25, 0.3) is 5.89 Å². The molecular formula is C22H22N2O. The molecule has 1 atom stereocenters. The first kappa shape index (κ1) is 15.8. The number of hydrogen-bond acceptors (Lipinski definition) is 3. The summed E-state index contributed by atoms with van der Waals surface area (Å²) < 4.78 is 5.48. The number of benzene rings is 2. The van der Waals surface area contributed by atoms with Crippen LogP contribution in [0.1, 0.15) is 43.4 Å². The zero-order chi connectivity index (χ0) is 17.4. The second-order valence-corrected chi connectivity index (χ2v) is 6.95. The Morgan fingerprint density at radius 1 is 1.04 bits per heavy atom. The van der Waals surface area contributed by atoms with Gasteiger partial charge in [-0.15, -0.1) is 0 Å². The minimum atomic E-state index is 0.502. The molecule has 0 aliphatic heterocycles. The number of hydrogen-bond donors (Lipinski definition) is 0. The fourth-order valence-electron chi connectivity index (χ4n) is 3.40. The molecule has 0 N–H and O–H groups in total. The van der Waals surface area contributed by atoms with E-state index >= 15 is 0 Å². The number of aromatic nitrogens is 2. The predicted octanol–water partition coefficient (Wildman–Crippen LogP) is 5.73. The summed E-state index contributed by atoms with van der Waals surface area (Å²) in [5, 5.41) is 4.17. The summed E-state index contributed by atoms with van der Waals surface area (Å²) in [5.41, 5.74) is 5.89. The molecule has 1 heterocycles. The van der Waals surface area contributed by atoms with Crippen molar-refractivity contribution in [1.82, 2.24) is 10.1 Å². The predicted molar refractivity (Wildman–Crippen MR) is 101 cm³/mol. The van der Waals surface area contributed by atoms with Crippen LogP contribution in [-0.4, -0.2) is 10.1 Å². The molecule has 0 bridgehead atoms. The zero-order valence-corrected chi connectivity index (χ0v) is 14.9. The van der Waals surface area contributed by atoms with Gasteiger partial charge in [0, 0.05) is 17.0 Å². The summed E-state index contributed by atoms with van der Waals surface area (Å²) in [6.45, 7) is 6.66. The van der Waals surface area contributed by atoms with Gasteiger partial charge in [0.05, 0.1) is 0 Å². The molecule has 1 aliphatic rings. The van der Waals surface area contributed by atoms with Crippen molar-refractivity contribution in [2.45, 2.75) is 33.1 Å². The number of rotatable bonds is 4. The molecule has 3 aromatic rings. The summed E-state index contributed by atoms with van der Waals surface area (Å²) in [7, 11) is 0. The SMILES string of the molecule is CCc1ccc(-c2nc(-c3ccc4c(c3)C=CC4C(C)C)no2)cc1. The smallest absolute Gasteiger partial charge is 0.258 e. The van der Waals surface area contributed by atoms with Gasteiger partial charge in [-0.2, -0.15) is 4.98 Å². The molecule has 0 radical (unpaired) electrons. The topological polar surface area (TPSA) is 38.9 Å². The quantitative estimate of drug-likeness (QED) is 0.613. The Kier molecular flexibility index (Phi) is 4.00. The van der Waals surface area contributed by atoms with Gasteiger partial charge in [0.15, 0.2) is 0 Å². The molecular weight excluding hydrogens is 308 g/mol. The second-order valence-electron chi connectivity index (χ2n) is 6.95. The highest BCUT2D eigenvalue weighted by atomic mass is 16.5. The largest absolute Gasteiger partial charge is 0.334 e. The lowest BCUT2D eigenvalue weighted by atomic mass is 9.90. The van der Waals surface area contributed by atoms with Gasteiger partial charge in [-0.25, -0.2) is 0 Å². The van der Waals surface area contributed by atoms with E-state index in [1.54, 1.807) is 0 Å². The summed E-state index contributed by atoms with van der Waals surface area (Å²) >= 11 is 0. The Morgan fingerprint density at radius 3 is 2.52 bits per heavy atom. The van der Waals surface area contributed by atoms with E-state index in [1.165, 1.54) is 16.7 Å². The molecule has 0 saturated heterocycles. The van der Waals surface area contributed by atoms with E-state index in [0.717, 1.165) is 17.5 Å². The maximum absolute atomic E-state index is 5.48. The Morgan fingerprint density at radius 2 is 1.80 bits per heavy atom. The third-order valence-electron chi connectivity index (χ3n) is 4.94. The number of allylic oxidation sites excluding steroid dienone is 1. The van der Waals surface area contributed by atoms with Crippen LogP contribution in [0.4, 0.5) is 0 Å². The van der Waals surface area contributed by atoms with Gasteiger partial charge < -0.3 is 4.52 Å². The van der Waals surface area contributed by atoms with Gasteiger partial charge in [0.1, 0.15) is 0 Å². The lowest BCUT2D eigenvalue weighted by molar-refractivity contribution is 0.432. The van der Waals surface area contributed by atoms with Crippen molar-refractivity contribution in [3.8, 4) is 22.8 Å². The molecule has 0 fully saturated rings. The minimum absolute atomic E-state index is 0.502. The van der Waals surface area contributed by atoms with Gasteiger partial charge in [0.2, 0.25) is 5.82 Å².